The van der Waals surface area contributed by atoms with Gasteiger partial charge in [-0.25, -0.2) is 4.39 Å². The van der Waals surface area contributed by atoms with Gasteiger partial charge in [-0.05, 0) is 12.5 Å². The third kappa shape index (κ3) is 5.17. The second-order valence-electron chi connectivity index (χ2n) is 4.51. The van der Waals surface area contributed by atoms with E-state index in [-0.39, 0.29) is 12.0 Å². The van der Waals surface area contributed by atoms with E-state index in [0.29, 0.717) is 18.9 Å². The number of benzene rings is 1. The van der Waals surface area contributed by atoms with Crippen LogP contribution in [0.2, 0.25) is 0 Å². The Hall–Kier alpha value is -2.51. The van der Waals surface area contributed by atoms with Crippen molar-refractivity contribution in [2.24, 2.45) is 0 Å². The normalized spacial score (nSPS) is 11.7. The monoisotopic (exact) mass is 298 g/mol. The predicted octanol–water partition coefficient (Wildman–Crippen LogP) is 2.11. The number of aliphatic carboxylic acids is 1. The number of amides is 1. The maximum absolute atomic E-state index is 13.3. The van der Waals surface area contributed by atoms with Crippen LogP contribution in [0.25, 0.3) is 0 Å². The number of non-ortho nitro benzene ring substituents is 1. The minimum absolute atomic E-state index is 0.215. The molecule has 0 fully saturated rings. The van der Waals surface area contributed by atoms with Gasteiger partial charge in [0.2, 0.25) is 0 Å². The number of carboxylic acids is 1. The van der Waals surface area contributed by atoms with Crippen LogP contribution < -0.4 is 5.32 Å². The van der Waals surface area contributed by atoms with Gasteiger partial charge >= 0.3 is 5.97 Å². The van der Waals surface area contributed by atoms with Crippen molar-refractivity contribution in [3.63, 3.8) is 0 Å². The minimum Gasteiger partial charge on any atom is -0.481 e. The first-order valence-electron chi connectivity index (χ1n) is 6.31. The van der Waals surface area contributed by atoms with Crippen LogP contribution in [0.15, 0.2) is 18.2 Å². The molecule has 1 unspecified atom stereocenters. The molecule has 1 atom stereocenters. The van der Waals surface area contributed by atoms with E-state index in [2.05, 4.69) is 5.32 Å². The van der Waals surface area contributed by atoms with E-state index in [1.165, 1.54) is 0 Å². The van der Waals surface area contributed by atoms with Crippen molar-refractivity contribution in [3.05, 3.63) is 39.7 Å². The number of rotatable bonds is 7. The first-order chi connectivity index (χ1) is 9.83. The molecule has 1 aromatic carbocycles. The summed E-state index contributed by atoms with van der Waals surface area (Å²) < 4.78 is 13.3. The van der Waals surface area contributed by atoms with Crippen LogP contribution in [-0.2, 0) is 4.79 Å². The molecule has 0 bridgehead atoms. The summed E-state index contributed by atoms with van der Waals surface area (Å²) >= 11 is 0. The third-order valence-electron chi connectivity index (χ3n) is 2.75. The lowest BCUT2D eigenvalue weighted by Gasteiger charge is -2.16. The summed E-state index contributed by atoms with van der Waals surface area (Å²) in [7, 11) is 0. The van der Waals surface area contributed by atoms with Crippen molar-refractivity contribution in [1.82, 2.24) is 5.32 Å². The fourth-order valence-corrected chi connectivity index (χ4v) is 1.86. The van der Waals surface area contributed by atoms with E-state index >= 15 is 0 Å². The van der Waals surface area contributed by atoms with Crippen molar-refractivity contribution in [2.75, 3.05) is 0 Å². The second kappa shape index (κ2) is 7.32. The number of hydrogen-bond acceptors (Lipinski definition) is 4. The molecule has 0 saturated carbocycles. The quantitative estimate of drug-likeness (QED) is 0.591. The average molecular weight is 298 g/mol. The molecule has 114 valence electrons. The number of halogens is 1. The van der Waals surface area contributed by atoms with Crippen LogP contribution in [0.4, 0.5) is 10.1 Å². The van der Waals surface area contributed by atoms with E-state index in [1.807, 2.05) is 6.92 Å². The van der Waals surface area contributed by atoms with Gasteiger partial charge < -0.3 is 10.4 Å². The van der Waals surface area contributed by atoms with Gasteiger partial charge in [0.15, 0.2) is 0 Å². The molecule has 0 spiro atoms. The summed E-state index contributed by atoms with van der Waals surface area (Å²) in [5.41, 5.74) is -0.751. The van der Waals surface area contributed by atoms with Gasteiger partial charge in [-0.15, -0.1) is 0 Å². The molecule has 0 radical (unpaired) electrons. The zero-order valence-corrected chi connectivity index (χ0v) is 11.3. The summed E-state index contributed by atoms with van der Waals surface area (Å²) in [4.78, 5) is 32.5. The number of nitro groups is 1. The molecule has 1 aromatic rings. The molecule has 8 heteroatoms. The standard InChI is InChI=1S/C13H15FN2O5/c1-2-3-10(7-12(17)18)15-13(19)8-4-9(14)6-11(5-8)16(20)21/h4-6,10H,2-3,7H2,1H3,(H,15,19)(H,17,18). The molecular weight excluding hydrogens is 283 g/mol. The molecule has 0 aliphatic rings. The van der Waals surface area contributed by atoms with Crippen molar-refractivity contribution in [2.45, 2.75) is 32.2 Å². The number of nitrogens with one attached hydrogen (secondary N) is 1. The molecule has 1 amide bonds. The van der Waals surface area contributed by atoms with Crippen LogP contribution in [0.5, 0.6) is 0 Å². The zero-order valence-electron chi connectivity index (χ0n) is 11.3. The van der Waals surface area contributed by atoms with Crippen molar-refractivity contribution < 1.29 is 24.0 Å². The minimum atomic E-state index is -1.07. The maximum Gasteiger partial charge on any atom is 0.305 e. The van der Waals surface area contributed by atoms with Gasteiger partial charge in [0.05, 0.1) is 17.4 Å². The number of nitro benzene ring substituents is 1. The summed E-state index contributed by atoms with van der Waals surface area (Å²) in [6, 6.07) is 1.91. The Balaban J connectivity index is 2.91. The second-order valence-corrected chi connectivity index (χ2v) is 4.51. The smallest absolute Gasteiger partial charge is 0.305 e. The highest BCUT2D eigenvalue weighted by Crippen LogP contribution is 2.16. The Morgan fingerprint density at radius 1 is 1.43 bits per heavy atom. The molecule has 0 aliphatic carbocycles. The van der Waals surface area contributed by atoms with Crippen molar-refractivity contribution in [3.8, 4) is 0 Å². The van der Waals surface area contributed by atoms with Gasteiger partial charge in [0, 0.05) is 17.7 Å². The fraction of sp³-hybridized carbons (Fsp3) is 0.385. The van der Waals surface area contributed by atoms with Crippen LogP contribution in [-0.4, -0.2) is 27.9 Å². The Bertz CT molecular complexity index is 561. The van der Waals surface area contributed by atoms with Crippen molar-refractivity contribution >= 4 is 17.6 Å². The van der Waals surface area contributed by atoms with E-state index in [4.69, 9.17) is 5.11 Å². The molecule has 7 nitrogen and oxygen atoms in total. The van der Waals surface area contributed by atoms with Crippen LogP contribution in [0.3, 0.4) is 0 Å². The Morgan fingerprint density at radius 2 is 2.10 bits per heavy atom. The number of hydrogen-bond donors (Lipinski definition) is 2. The first kappa shape index (κ1) is 16.5. The number of carbonyl (C=O) groups excluding carboxylic acids is 1. The SMILES string of the molecule is CCCC(CC(=O)O)NC(=O)c1cc(F)cc([N+](=O)[O-])c1. The molecule has 0 aromatic heterocycles. The van der Waals surface area contributed by atoms with Gasteiger partial charge in [-0.1, -0.05) is 13.3 Å². The zero-order chi connectivity index (χ0) is 16.0. The highest BCUT2D eigenvalue weighted by atomic mass is 19.1. The summed E-state index contributed by atoms with van der Waals surface area (Å²) in [6.45, 7) is 1.83. The highest BCUT2D eigenvalue weighted by molar-refractivity contribution is 5.95. The Morgan fingerprint density at radius 3 is 2.62 bits per heavy atom. The molecule has 2 N–H and O–H groups in total. The Kier molecular flexibility index (Phi) is 5.77. The third-order valence-corrected chi connectivity index (χ3v) is 2.75. The number of carboxylic acid groups (broad SMARTS) is 1. The molecule has 1 rings (SSSR count). The van der Waals surface area contributed by atoms with Crippen LogP contribution in [0, 0.1) is 15.9 Å². The largest absolute Gasteiger partial charge is 0.481 e. The van der Waals surface area contributed by atoms with Crippen molar-refractivity contribution in [1.29, 1.82) is 0 Å². The van der Waals surface area contributed by atoms with Gasteiger partial charge in [-0.2, -0.15) is 0 Å². The van der Waals surface area contributed by atoms with Crippen LogP contribution >= 0.6 is 0 Å². The van der Waals surface area contributed by atoms with E-state index < -0.39 is 34.3 Å². The summed E-state index contributed by atoms with van der Waals surface area (Å²) in [6.07, 6.45) is 0.827. The molecule has 0 saturated heterocycles. The lowest BCUT2D eigenvalue weighted by atomic mass is 10.1. The fourth-order valence-electron chi connectivity index (χ4n) is 1.86. The van der Waals surface area contributed by atoms with Gasteiger partial charge in [0.25, 0.3) is 11.6 Å². The van der Waals surface area contributed by atoms with E-state index in [0.717, 1.165) is 12.1 Å². The summed E-state index contributed by atoms with van der Waals surface area (Å²) in [5.74, 6) is -2.71. The maximum atomic E-state index is 13.3. The lowest BCUT2D eigenvalue weighted by Crippen LogP contribution is -2.36. The van der Waals surface area contributed by atoms with Crippen LogP contribution in [0.1, 0.15) is 36.5 Å². The topological polar surface area (TPSA) is 110 Å². The lowest BCUT2D eigenvalue weighted by molar-refractivity contribution is -0.385. The van der Waals surface area contributed by atoms with E-state index in [1.54, 1.807) is 0 Å². The Labute approximate surface area is 119 Å². The van der Waals surface area contributed by atoms with Gasteiger partial charge in [-0.3, -0.25) is 19.7 Å². The van der Waals surface area contributed by atoms with Gasteiger partial charge in [0.1, 0.15) is 5.82 Å². The average Bonchev–Trinajstić information content (AvgIpc) is 2.37. The molecular formula is C13H15FN2O5. The molecule has 0 aliphatic heterocycles. The number of nitrogens with zero attached hydrogens (tertiary/aromatic N) is 1. The molecule has 21 heavy (non-hydrogen) atoms. The number of carbonyl (C=O) groups is 2. The predicted molar refractivity (Wildman–Crippen MR) is 71.5 cm³/mol. The first-order valence-corrected chi connectivity index (χ1v) is 6.31. The summed E-state index contributed by atoms with van der Waals surface area (Å²) in [5, 5.41) is 21.8. The van der Waals surface area contributed by atoms with E-state index in [9.17, 15) is 24.1 Å². The highest BCUT2D eigenvalue weighted by Gasteiger charge is 2.19. The molecule has 0 heterocycles.